The van der Waals surface area contributed by atoms with E-state index in [4.69, 9.17) is 4.74 Å². The van der Waals surface area contributed by atoms with E-state index >= 15 is 0 Å². The summed E-state index contributed by atoms with van der Waals surface area (Å²) in [6.45, 7) is 3.74. The molecule has 1 fully saturated rings. The maximum Gasteiger partial charge on any atom is 0.310 e. The van der Waals surface area contributed by atoms with E-state index in [-0.39, 0.29) is 11.9 Å². The monoisotopic (exact) mass is 240 g/mol. The molecule has 4 nitrogen and oxygen atoms in total. The second kappa shape index (κ2) is 4.82. The van der Waals surface area contributed by atoms with Gasteiger partial charge in [0.2, 0.25) is 0 Å². The molecule has 1 aromatic heterocycles. The highest BCUT2D eigenvalue weighted by Crippen LogP contribution is 2.27. The zero-order chi connectivity index (χ0) is 11.5. The molecule has 0 bridgehead atoms. The van der Waals surface area contributed by atoms with Gasteiger partial charge in [0.05, 0.1) is 18.7 Å². The summed E-state index contributed by atoms with van der Waals surface area (Å²) in [6.07, 6.45) is 1.83. The lowest BCUT2D eigenvalue weighted by atomic mass is 10.1. The first-order chi connectivity index (χ1) is 7.74. The number of carbonyl (C=O) groups is 1. The third-order valence-electron chi connectivity index (χ3n) is 2.90. The standard InChI is InChI=1S/C11H16N2O2S/c1-3-9-7-16-11(12-9)13-5-4-8(6-13)10(14)15-2/h7-8H,3-6H2,1-2H3. The van der Waals surface area contributed by atoms with E-state index in [1.165, 1.54) is 7.11 Å². The molecule has 5 heteroatoms. The number of ether oxygens (including phenoxy) is 1. The number of rotatable bonds is 3. The van der Waals surface area contributed by atoms with E-state index < -0.39 is 0 Å². The van der Waals surface area contributed by atoms with Crippen molar-refractivity contribution >= 4 is 22.4 Å². The van der Waals surface area contributed by atoms with Gasteiger partial charge in [-0.1, -0.05) is 6.92 Å². The molecule has 0 saturated carbocycles. The summed E-state index contributed by atoms with van der Waals surface area (Å²) in [7, 11) is 1.45. The molecule has 0 spiro atoms. The van der Waals surface area contributed by atoms with Gasteiger partial charge >= 0.3 is 5.97 Å². The van der Waals surface area contributed by atoms with E-state index in [1.807, 2.05) is 0 Å². The van der Waals surface area contributed by atoms with Gasteiger partial charge in [0.25, 0.3) is 0 Å². The number of thiazole rings is 1. The van der Waals surface area contributed by atoms with Crippen LogP contribution in [0, 0.1) is 5.92 Å². The Labute approximate surface area is 99.2 Å². The number of aryl methyl sites for hydroxylation is 1. The number of methoxy groups -OCH3 is 1. The lowest BCUT2D eigenvalue weighted by Crippen LogP contribution is -2.23. The fourth-order valence-corrected chi connectivity index (χ4v) is 2.84. The minimum absolute atomic E-state index is 0.0129. The molecule has 16 heavy (non-hydrogen) atoms. The minimum Gasteiger partial charge on any atom is -0.469 e. The molecule has 0 aromatic carbocycles. The smallest absolute Gasteiger partial charge is 0.310 e. The van der Waals surface area contributed by atoms with Crippen molar-refractivity contribution in [1.82, 2.24) is 4.98 Å². The summed E-state index contributed by atoms with van der Waals surface area (Å²) in [5.74, 6) is -0.0891. The van der Waals surface area contributed by atoms with E-state index in [2.05, 4.69) is 22.2 Å². The van der Waals surface area contributed by atoms with Crippen molar-refractivity contribution in [1.29, 1.82) is 0 Å². The molecule has 1 aliphatic rings. The molecule has 2 rings (SSSR count). The lowest BCUT2D eigenvalue weighted by Gasteiger charge is -2.13. The average Bonchev–Trinajstić information content (AvgIpc) is 2.95. The molecule has 0 N–H and O–H groups in total. The number of hydrogen-bond acceptors (Lipinski definition) is 5. The van der Waals surface area contributed by atoms with Crippen molar-refractivity contribution in [3.8, 4) is 0 Å². The van der Waals surface area contributed by atoms with Gasteiger partial charge in [-0.15, -0.1) is 11.3 Å². The Morgan fingerprint density at radius 1 is 1.75 bits per heavy atom. The van der Waals surface area contributed by atoms with Gasteiger partial charge in [-0.3, -0.25) is 4.79 Å². The van der Waals surface area contributed by atoms with Crippen LogP contribution in [0.15, 0.2) is 5.38 Å². The van der Waals surface area contributed by atoms with Crippen LogP contribution in [-0.4, -0.2) is 31.2 Å². The Morgan fingerprint density at radius 3 is 3.19 bits per heavy atom. The average molecular weight is 240 g/mol. The van der Waals surface area contributed by atoms with Crippen LogP contribution >= 0.6 is 11.3 Å². The van der Waals surface area contributed by atoms with Crippen LogP contribution < -0.4 is 4.90 Å². The van der Waals surface area contributed by atoms with Crippen molar-refractivity contribution in [3.05, 3.63) is 11.1 Å². The van der Waals surface area contributed by atoms with Crippen LogP contribution in [-0.2, 0) is 16.0 Å². The number of aromatic nitrogens is 1. The second-order valence-corrected chi connectivity index (χ2v) is 4.77. The summed E-state index contributed by atoms with van der Waals surface area (Å²) in [6, 6.07) is 0. The van der Waals surface area contributed by atoms with E-state index in [1.54, 1.807) is 11.3 Å². The molecule has 1 aromatic rings. The van der Waals surface area contributed by atoms with Crippen LogP contribution in [0.1, 0.15) is 19.0 Å². The van der Waals surface area contributed by atoms with Gasteiger partial charge in [0.15, 0.2) is 5.13 Å². The molecule has 0 amide bonds. The molecular formula is C11H16N2O2S. The minimum atomic E-state index is -0.102. The van der Waals surface area contributed by atoms with Gasteiger partial charge in [0.1, 0.15) is 0 Å². The molecule has 1 aliphatic heterocycles. The summed E-state index contributed by atoms with van der Waals surface area (Å²) < 4.78 is 4.76. The number of esters is 1. The third kappa shape index (κ3) is 2.19. The van der Waals surface area contributed by atoms with Gasteiger partial charge in [0, 0.05) is 18.5 Å². The predicted molar refractivity (Wildman–Crippen MR) is 63.8 cm³/mol. The topological polar surface area (TPSA) is 42.4 Å². The summed E-state index contributed by atoms with van der Waals surface area (Å²) in [4.78, 5) is 18.1. The Bertz CT molecular complexity index is 378. The first-order valence-electron chi connectivity index (χ1n) is 5.51. The second-order valence-electron chi connectivity index (χ2n) is 3.93. The van der Waals surface area contributed by atoms with Crippen LogP contribution in [0.5, 0.6) is 0 Å². The molecule has 0 aliphatic carbocycles. The highest BCUT2D eigenvalue weighted by molar-refractivity contribution is 7.13. The SMILES string of the molecule is CCc1csc(N2CCC(C(=O)OC)C2)n1. The molecule has 88 valence electrons. The zero-order valence-electron chi connectivity index (χ0n) is 9.60. The molecule has 1 atom stereocenters. The highest BCUT2D eigenvalue weighted by Gasteiger charge is 2.30. The normalized spacial score (nSPS) is 20.1. The fourth-order valence-electron chi connectivity index (χ4n) is 1.90. The van der Waals surface area contributed by atoms with Gasteiger partial charge in [-0.25, -0.2) is 4.98 Å². The van der Waals surface area contributed by atoms with Gasteiger partial charge in [-0.2, -0.15) is 0 Å². The third-order valence-corrected chi connectivity index (χ3v) is 3.85. The first kappa shape index (κ1) is 11.4. The summed E-state index contributed by atoms with van der Waals surface area (Å²) in [5.41, 5.74) is 1.13. The van der Waals surface area contributed by atoms with E-state index in [9.17, 15) is 4.79 Å². The number of nitrogens with zero attached hydrogens (tertiary/aromatic N) is 2. The number of hydrogen-bond donors (Lipinski definition) is 0. The molecule has 1 unspecified atom stereocenters. The van der Waals surface area contributed by atoms with Crippen molar-refractivity contribution in [2.75, 3.05) is 25.1 Å². The maximum absolute atomic E-state index is 11.4. The molecule has 0 radical (unpaired) electrons. The Hall–Kier alpha value is -1.10. The predicted octanol–water partition coefficient (Wildman–Crippen LogP) is 1.70. The van der Waals surface area contributed by atoms with Crippen LogP contribution in [0.3, 0.4) is 0 Å². The fraction of sp³-hybridized carbons (Fsp3) is 0.636. The van der Waals surface area contributed by atoms with Crippen LogP contribution in [0.2, 0.25) is 0 Å². The van der Waals surface area contributed by atoms with Crippen LogP contribution in [0.4, 0.5) is 5.13 Å². The molecular weight excluding hydrogens is 224 g/mol. The van der Waals surface area contributed by atoms with Gasteiger partial charge < -0.3 is 9.64 Å². The number of anilines is 1. The quantitative estimate of drug-likeness (QED) is 0.754. The Morgan fingerprint density at radius 2 is 2.56 bits per heavy atom. The van der Waals surface area contributed by atoms with Crippen LogP contribution in [0.25, 0.3) is 0 Å². The van der Waals surface area contributed by atoms with Crippen molar-refractivity contribution in [2.45, 2.75) is 19.8 Å². The summed E-state index contributed by atoms with van der Waals surface area (Å²) in [5, 5.41) is 3.11. The van der Waals surface area contributed by atoms with Crippen molar-refractivity contribution in [3.63, 3.8) is 0 Å². The van der Waals surface area contributed by atoms with Gasteiger partial charge in [-0.05, 0) is 12.8 Å². The maximum atomic E-state index is 11.4. The summed E-state index contributed by atoms with van der Waals surface area (Å²) >= 11 is 1.66. The van der Waals surface area contributed by atoms with Crippen molar-refractivity contribution in [2.24, 2.45) is 5.92 Å². The number of carbonyl (C=O) groups excluding carboxylic acids is 1. The van der Waals surface area contributed by atoms with E-state index in [0.717, 1.165) is 36.8 Å². The zero-order valence-corrected chi connectivity index (χ0v) is 10.4. The lowest BCUT2D eigenvalue weighted by molar-refractivity contribution is -0.144. The van der Waals surface area contributed by atoms with Crippen molar-refractivity contribution < 1.29 is 9.53 Å². The molecule has 1 saturated heterocycles. The highest BCUT2D eigenvalue weighted by atomic mass is 32.1. The first-order valence-corrected chi connectivity index (χ1v) is 6.39. The Kier molecular flexibility index (Phi) is 3.43. The molecule has 2 heterocycles. The van der Waals surface area contributed by atoms with E-state index in [0.29, 0.717) is 0 Å². The Balaban J connectivity index is 2.00. The largest absolute Gasteiger partial charge is 0.469 e.